The minimum absolute atomic E-state index is 1.02. The van der Waals surface area contributed by atoms with Crippen molar-refractivity contribution in [2.24, 2.45) is 0 Å². The van der Waals surface area contributed by atoms with Crippen LogP contribution in [-0.2, 0) is 9.84 Å². The van der Waals surface area contributed by atoms with E-state index in [0.29, 0.717) is 0 Å². The van der Waals surface area contributed by atoms with Crippen LogP contribution in [0.5, 0.6) is 0 Å². The molecule has 0 fully saturated rings. The molecule has 0 aliphatic carbocycles. The van der Waals surface area contributed by atoms with E-state index in [1.807, 2.05) is 0 Å². The van der Waals surface area contributed by atoms with Crippen molar-refractivity contribution >= 4 is 15.7 Å². The molecule has 0 saturated heterocycles. The van der Waals surface area contributed by atoms with Gasteiger partial charge in [-0.05, 0) is 4.92 Å². The fourth-order valence-electron chi connectivity index (χ4n) is 0.892. The average Bonchev–Trinajstić information content (AvgIpc) is 2.59. The molecule has 1 aromatic heterocycles. The fourth-order valence-corrected chi connectivity index (χ4v) is 1.84. The highest BCUT2D eigenvalue weighted by atomic mass is 32.2. The van der Waals surface area contributed by atoms with Crippen molar-refractivity contribution in [3.63, 3.8) is 0 Å². The number of aromatic amines is 1. The second-order valence-electron chi connectivity index (χ2n) is 2.57. The summed E-state index contributed by atoms with van der Waals surface area (Å²) in [5.41, 5.74) is -6.97. The van der Waals surface area contributed by atoms with E-state index in [4.69, 9.17) is 5.26 Å². The molecule has 0 unspecified atom stereocenters. The molecule has 0 spiro atoms. The Bertz CT molecular complexity index is 610. The van der Waals surface area contributed by atoms with Crippen LogP contribution in [0.15, 0.2) is 4.90 Å². The quantitative estimate of drug-likeness (QED) is 0.614. The van der Waals surface area contributed by atoms with Gasteiger partial charge >= 0.3 is 11.3 Å². The van der Waals surface area contributed by atoms with Crippen LogP contribution in [0.25, 0.3) is 0 Å². The summed E-state index contributed by atoms with van der Waals surface area (Å²) in [6.07, 6.45) is 0. The van der Waals surface area contributed by atoms with E-state index in [1.165, 1.54) is 5.10 Å². The molecule has 0 atom stereocenters. The second-order valence-corrected chi connectivity index (χ2v) is 4.45. The summed E-state index contributed by atoms with van der Waals surface area (Å²) in [5.74, 6) is -1.50. The number of nitrogens with zero attached hydrogens (tertiary/aromatic N) is 3. The zero-order chi connectivity index (χ0) is 13.4. The van der Waals surface area contributed by atoms with E-state index in [2.05, 4.69) is 5.10 Å². The van der Waals surface area contributed by atoms with E-state index in [-0.39, 0.29) is 0 Å². The van der Waals surface area contributed by atoms with Crippen LogP contribution in [0.1, 0.15) is 5.69 Å². The third-order valence-corrected chi connectivity index (χ3v) is 3.10. The van der Waals surface area contributed by atoms with E-state index < -0.39 is 36.7 Å². The predicted octanol–water partition coefficient (Wildman–Crippen LogP) is 0.483. The van der Waals surface area contributed by atoms with Crippen LogP contribution >= 0.6 is 0 Å². The molecule has 0 amide bonds. The van der Waals surface area contributed by atoms with E-state index in [1.54, 1.807) is 0 Å². The van der Waals surface area contributed by atoms with Crippen LogP contribution in [0.4, 0.5) is 19.0 Å². The van der Waals surface area contributed by atoms with Gasteiger partial charge < -0.3 is 10.1 Å². The standard InChI is InChI=1S/C5HF3N4O4S/c6-5(7,8)17(15,16)3-2(1-9)10-11-4(3)12(13)14/h(H,10,11). The largest absolute Gasteiger partial charge is 0.502 e. The number of hydrogen-bond donors (Lipinski definition) is 1. The highest BCUT2D eigenvalue weighted by molar-refractivity contribution is 7.92. The van der Waals surface area contributed by atoms with E-state index in [9.17, 15) is 31.7 Å². The van der Waals surface area contributed by atoms with Crippen molar-refractivity contribution in [3.05, 3.63) is 15.8 Å². The van der Waals surface area contributed by atoms with Gasteiger partial charge in [0.1, 0.15) is 6.07 Å². The maximum absolute atomic E-state index is 12.2. The molecule has 1 aromatic rings. The number of nitriles is 1. The van der Waals surface area contributed by atoms with Crippen molar-refractivity contribution in [1.82, 2.24) is 10.2 Å². The Hall–Kier alpha value is -2.16. The normalized spacial score (nSPS) is 12.1. The number of sulfone groups is 1. The lowest BCUT2D eigenvalue weighted by Gasteiger charge is -2.05. The predicted molar refractivity (Wildman–Crippen MR) is 43.2 cm³/mol. The van der Waals surface area contributed by atoms with Crippen molar-refractivity contribution in [2.45, 2.75) is 10.4 Å². The number of nitro groups is 1. The molecular formula is C5HF3N4O4S. The summed E-state index contributed by atoms with van der Waals surface area (Å²) >= 11 is 0. The molecule has 0 saturated carbocycles. The molecule has 0 aliphatic heterocycles. The summed E-state index contributed by atoms with van der Waals surface area (Å²) in [5, 5.41) is 23.0. The molecule has 92 valence electrons. The minimum Gasteiger partial charge on any atom is -0.358 e. The van der Waals surface area contributed by atoms with Gasteiger partial charge in [0.15, 0.2) is 0 Å². The molecule has 17 heavy (non-hydrogen) atoms. The SMILES string of the molecule is N#Cc1n[nH]c([N+](=O)[O-])c1S(=O)(=O)C(F)(F)F. The molecule has 1 heterocycles. The summed E-state index contributed by atoms with van der Waals surface area (Å²) in [4.78, 5) is 7.13. The van der Waals surface area contributed by atoms with Gasteiger partial charge in [-0.1, -0.05) is 5.10 Å². The van der Waals surface area contributed by atoms with Gasteiger partial charge in [0, 0.05) is 0 Å². The number of hydrogen-bond acceptors (Lipinski definition) is 6. The van der Waals surface area contributed by atoms with Crippen LogP contribution in [-0.4, -0.2) is 29.0 Å². The maximum Gasteiger partial charge on any atom is 0.502 e. The van der Waals surface area contributed by atoms with Gasteiger partial charge in [-0.2, -0.15) is 18.4 Å². The number of nitrogens with one attached hydrogen (secondary N) is 1. The first-order valence-corrected chi connectivity index (χ1v) is 5.05. The lowest BCUT2D eigenvalue weighted by atomic mass is 10.4. The number of halogens is 3. The van der Waals surface area contributed by atoms with Gasteiger partial charge in [0.05, 0.1) is 0 Å². The molecule has 8 nitrogen and oxygen atoms in total. The Morgan fingerprint density at radius 1 is 1.47 bits per heavy atom. The van der Waals surface area contributed by atoms with Gasteiger partial charge in [-0.3, -0.25) is 0 Å². The average molecular weight is 270 g/mol. The molecular weight excluding hydrogens is 269 g/mol. The monoisotopic (exact) mass is 270 g/mol. The van der Waals surface area contributed by atoms with E-state index >= 15 is 0 Å². The van der Waals surface area contributed by atoms with Crippen LogP contribution < -0.4 is 0 Å². The Morgan fingerprint density at radius 3 is 2.35 bits per heavy atom. The number of aromatic nitrogens is 2. The molecule has 12 heteroatoms. The Morgan fingerprint density at radius 2 is 2.00 bits per heavy atom. The lowest BCUT2D eigenvalue weighted by Crippen LogP contribution is -2.24. The summed E-state index contributed by atoms with van der Waals surface area (Å²) in [6.45, 7) is 0. The maximum atomic E-state index is 12.2. The third kappa shape index (κ3) is 1.91. The van der Waals surface area contributed by atoms with Gasteiger partial charge in [-0.25, -0.2) is 8.42 Å². The Balaban J connectivity index is 3.68. The zero-order valence-corrected chi connectivity index (χ0v) is 8.33. The smallest absolute Gasteiger partial charge is 0.358 e. The number of alkyl halides is 3. The van der Waals surface area contributed by atoms with Crippen molar-refractivity contribution in [2.75, 3.05) is 0 Å². The number of H-pyrrole nitrogens is 1. The van der Waals surface area contributed by atoms with Crippen LogP contribution in [0, 0.1) is 21.4 Å². The summed E-state index contributed by atoms with van der Waals surface area (Å²) in [6, 6.07) is 1.02. The van der Waals surface area contributed by atoms with Crippen LogP contribution in [0.2, 0.25) is 0 Å². The third-order valence-electron chi connectivity index (χ3n) is 1.57. The number of rotatable bonds is 2. The fraction of sp³-hybridized carbons (Fsp3) is 0.200. The first-order chi connectivity index (χ1) is 7.63. The topological polar surface area (TPSA) is 130 Å². The van der Waals surface area contributed by atoms with Gasteiger partial charge in [-0.15, -0.1) is 5.10 Å². The first-order valence-electron chi connectivity index (χ1n) is 3.57. The second kappa shape index (κ2) is 3.70. The molecule has 1 N–H and O–H groups in total. The first kappa shape index (κ1) is 12.9. The van der Waals surface area contributed by atoms with Gasteiger partial charge in [0.25, 0.3) is 9.84 Å². The minimum atomic E-state index is -6.01. The van der Waals surface area contributed by atoms with Gasteiger partial charge in [0.2, 0.25) is 10.6 Å². The molecule has 0 bridgehead atoms. The Kier molecular flexibility index (Phi) is 2.81. The zero-order valence-electron chi connectivity index (χ0n) is 7.52. The van der Waals surface area contributed by atoms with Crippen molar-refractivity contribution in [3.8, 4) is 6.07 Å². The van der Waals surface area contributed by atoms with E-state index in [0.717, 1.165) is 6.07 Å². The highest BCUT2D eigenvalue weighted by Crippen LogP contribution is 2.35. The van der Waals surface area contributed by atoms with Crippen molar-refractivity contribution in [1.29, 1.82) is 5.26 Å². The molecule has 0 aromatic carbocycles. The molecule has 0 aliphatic rings. The lowest BCUT2D eigenvalue weighted by molar-refractivity contribution is -0.392. The van der Waals surface area contributed by atoms with Crippen molar-refractivity contribution < 1.29 is 26.5 Å². The summed E-state index contributed by atoms with van der Waals surface area (Å²) in [7, 11) is -6.01. The molecule has 0 radical (unpaired) electrons. The van der Waals surface area contributed by atoms with Crippen LogP contribution in [0.3, 0.4) is 0 Å². The highest BCUT2D eigenvalue weighted by Gasteiger charge is 2.52. The Labute approximate surface area is 90.7 Å². The molecule has 1 rings (SSSR count). The summed E-state index contributed by atoms with van der Waals surface area (Å²) < 4.78 is 58.5.